The van der Waals surface area contributed by atoms with Crippen LogP contribution in [0.1, 0.15) is 18.9 Å². The van der Waals surface area contributed by atoms with Crippen molar-refractivity contribution < 1.29 is 9.90 Å². The maximum absolute atomic E-state index is 11.4. The van der Waals surface area contributed by atoms with Crippen LogP contribution in [0.2, 0.25) is 5.15 Å². The second-order valence-corrected chi connectivity index (χ2v) is 4.31. The molecule has 18 heavy (non-hydrogen) atoms. The lowest BCUT2D eigenvalue weighted by atomic mass is 10.2. The summed E-state index contributed by atoms with van der Waals surface area (Å²) in [6.07, 6.45) is 3.07. The van der Waals surface area contributed by atoms with Crippen LogP contribution in [-0.2, 0) is 6.42 Å². The highest BCUT2D eigenvalue weighted by Gasteiger charge is 2.07. The number of hydrogen-bond donors (Lipinski definition) is 3. The van der Waals surface area contributed by atoms with Gasteiger partial charge in [-0.15, -0.1) is 0 Å². The molecule has 0 radical (unpaired) electrons. The van der Waals surface area contributed by atoms with E-state index in [0.29, 0.717) is 24.5 Å². The molecular formula is C12H18ClN3O2. The van der Waals surface area contributed by atoms with Crippen LogP contribution in [0.15, 0.2) is 18.3 Å². The number of amides is 2. The number of aliphatic hydroxyl groups is 1. The molecule has 0 saturated carbocycles. The Morgan fingerprint density at radius 2 is 2.33 bits per heavy atom. The average Bonchev–Trinajstić information content (AvgIpc) is 2.38. The molecule has 0 bridgehead atoms. The lowest BCUT2D eigenvalue weighted by molar-refractivity contribution is 0.214. The van der Waals surface area contributed by atoms with E-state index < -0.39 is 0 Å². The molecule has 3 N–H and O–H groups in total. The van der Waals surface area contributed by atoms with Gasteiger partial charge in [-0.2, -0.15) is 0 Å². The number of carbonyl (C=O) groups is 1. The molecule has 5 nitrogen and oxygen atoms in total. The number of aliphatic hydroxyl groups excluding tert-OH is 1. The van der Waals surface area contributed by atoms with E-state index in [9.17, 15) is 4.79 Å². The van der Waals surface area contributed by atoms with Gasteiger partial charge in [-0.05, 0) is 24.5 Å². The van der Waals surface area contributed by atoms with Crippen molar-refractivity contribution in [1.82, 2.24) is 15.6 Å². The van der Waals surface area contributed by atoms with E-state index in [0.717, 1.165) is 5.56 Å². The average molecular weight is 272 g/mol. The van der Waals surface area contributed by atoms with Crippen molar-refractivity contribution in [1.29, 1.82) is 0 Å². The van der Waals surface area contributed by atoms with Gasteiger partial charge in [0.15, 0.2) is 0 Å². The zero-order valence-electron chi connectivity index (χ0n) is 10.3. The zero-order chi connectivity index (χ0) is 13.4. The largest absolute Gasteiger partial charge is 0.394 e. The van der Waals surface area contributed by atoms with Gasteiger partial charge in [-0.3, -0.25) is 0 Å². The monoisotopic (exact) mass is 271 g/mol. The first-order chi connectivity index (χ1) is 8.65. The van der Waals surface area contributed by atoms with E-state index in [4.69, 9.17) is 16.7 Å². The summed E-state index contributed by atoms with van der Waals surface area (Å²) in [5.74, 6) is 0. The van der Waals surface area contributed by atoms with Crippen LogP contribution in [0.3, 0.4) is 0 Å². The number of aromatic nitrogens is 1. The van der Waals surface area contributed by atoms with E-state index in [1.807, 2.05) is 13.0 Å². The molecule has 1 rings (SSSR count). The van der Waals surface area contributed by atoms with Crippen LogP contribution < -0.4 is 10.6 Å². The van der Waals surface area contributed by atoms with Crippen LogP contribution in [0.4, 0.5) is 4.79 Å². The Morgan fingerprint density at radius 3 is 2.89 bits per heavy atom. The van der Waals surface area contributed by atoms with Crippen LogP contribution in [0, 0.1) is 0 Å². The van der Waals surface area contributed by atoms with E-state index in [-0.39, 0.29) is 18.7 Å². The number of hydrogen-bond acceptors (Lipinski definition) is 3. The Morgan fingerprint density at radius 1 is 1.56 bits per heavy atom. The molecular weight excluding hydrogens is 254 g/mol. The zero-order valence-corrected chi connectivity index (χ0v) is 11.1. The summed E-state index contributed by atoms with van der Waals surface area (Å²) in [4.78, 5) is 15.4. The Hall–Kier alpha value is -1.33. The molecule has 1 heterocycles. The molecule has 0 aliphatic heterocycles. The molecule has 1 aromatic heterocycles. The molecule has 1 atom stereocenters. The topological polar surface area (TPSA) is 74.2 Å². The van der Waals surface area contributed by atoms with Crippen molar-refractivity contribution in [3.63, 3.8) is 0 Å². The van der Waals surface area contributed by atoms with E-state index >= 15 is 0 Å². The number of halogens is 1. The van der Waals surface area contributed by atoms with Gasteiger partial charge in [0.05, 0.1) is 12.6 Å². The van der Waals surface area contributed by atoms with Crippen molar-refractivity contribution in [2.75, 3.05) is 13.2 Å². The molecule has 0 aliphatic carbocycles. The molecule has 0 saturated heterocycles. The maximum atomic E-state index is 11.4. The molecule has 6 heteroatoms. The molecule has 1 aromatic rings. The van der Waals surface area contributed by atoms with Crippen molar-refractivity contribution >= 4 is 17.6 Å². The van der Waals surface area contributed by atoms with Crippen molar-refractivity contribution in [2.24, 2.45) is 0 Å². The summed E-state index contributed by atoms with van der Waals surface area (Å²) in [7, 11) is 0. The van der Waals surface area contributed by atoms with E-state index in [2.05, 4.69) is 15.6 Å². The van der Waals surface area contributed by atoms with Gasteiger partial charge in [0.1, 0.15) is 5.15 Å². The highest BCUT2D eigenvalue weighted by atomic mass is 35.5. The number of urea groups is 1. The third-order valence-electron chi connectivity index (χ3n) is 2.54. The number of rotatable bonds is 6. The highest BCUT2D eigenvalue weighted by Crippen LogP contribution is 2.05. The number of nitrogens with one attached hydrogen (secondary N) is 2. The summed E-state index contributed by atoms with van der Waals surface area (Å²) in [5.41, 5.74) is 1.01. The first-order valence-corrected chi connectivity index (χ1v) is 6.29. The van der Waals surface area contributed by atoms with Gasteiger partial charge in [0, 0.05) is 12.7 Å². The molecule has 0 aliphatic rings. The Bertz CT molecular complexity index is 366. The second kappa shape index (κ2) is 7.89. The minimum atomic E-state index is -0.266. The molecule has 0 aromatic carbocycles. The minimum Gasteiger partial charge on any atom is -0.394 e. The van der Waals surface area contributed by atoms with E-state index in [1.165, 1.54) is 0 Å². The normalized spacial score (nSPS) is 11.9. The van der Waals surface area contributed by atoms with Gasteiger partial charge in [-0.1, -0.05) is 24.6 Å². The summed E-state index contributed by atoms with van der Waals surface area (Å²) < 4.78 is 0. The molecule has 2 amide bonds. The second-order valence-electron chi connectivity index (χ2n) is 3.93. The standard InChI is InChI=1S/C12H18ClN3O2/c1-2-10(8-17)16-12(18)14-6-5-9-3-4-11(13)15-7-9/h3-4,7,10,17H,2,5-6,8H2,1H3,(H2,14,16,18). The Labute approximate surface area is 112 Å². The van der Waals surface area contributed by atoms with Crippen molar-refractivity contribution in [2.45, 2.75) is 25.8 Å². The molecule has 0 spiro atoms. The minimum absolute atomic E-state index is 0.0506. The fourth-order valence-corrected chi connectivity index (χ4v) is 1.50. The fraction of sp³-hybridized carbons (Fsp3) is 0.500. The van der Waals surface area contributed by atoms with Crippen molar-refractivity contribution in [3.05, 3.63) is 29.0 Å². The van der Waals surface area contributed by atoms with Crippen LogP contribution in [0.25, 0.3) is 0 Å². The van der Waals surface area contributed by atoms with Gasteiger partial charge in [0.2, 0.25) is 0 Å². The lowest BCUT2D eigenvalue weighted by Crippen LogP contribution is -2.44. The molecule has 0 fully saturated rings. The number of pyridine rings is 1. The predicted molar refractivity (Wildman–Crippen MR) is 70.7 cm³/mol. The first-order valence-electron chi connectivity index (χ1n) is 5.91. The van der Waals surface area contributed by atoms with Gasteiger partial charge < -0.3 is 15.7 Å². The highest BCUT2D eigenvalue weighted by molar-refractivity contribution is 6.29. The molecule has 100 valence electrons. The van der Waals surface area contributed by atoms with Gasteiger partial charge in [-0.25, -0.2) is 9.78 Å². The van der Waals surface area contributed by atoms with Crippen LogP contribution in [-0.4, -0.2) is 35.3 Å². The third kappa shape index (κ3) is 5.33. The third-order valence-corrected chi connectivity index (χ3v) is 2.76. The SMILES string of the molecule is CCC(CO)NC(=O)NCCc1ccc(Cl)nc1. The van der Waals surface area contributed by atoms with Crippen LogP contribution >= 0.6 is 11.6 Å². The maximum Gasteiger partial charge on any atom is 0.315 e. The Balaban J connectivity index is 2.25. The Kier molecular flexibility index (Phi) is 6.46. The van der Waals surface area contributed by atoms with Gasteiger partial charge in [0.25, 0.3) is 0 Å². The first kappa shape index (κ1) is 14.7. The lowest BCUT2D eigenvalue weighted by Gasteiger charge is -2.14. The van der Waals surface area contributed by atoms with Crippen molar-refractivity contribution in [3.8, 4) is 0 Å². The molecule has 1 unspecified atom stereocenters. The summed E-state index contributed by atoms with van der Waals surface area (Å²) in [5, 5.41) is 14.8. The van der Waals surface area contributed by atoms with Crippen LogP contribution in [0.5, 0.6) is 0 Å². The van der Waals surface area contributed by atoms with E-state index in [1.54, 1.807) is 12.3 Å². The smallest absolute Gasteiger partial charge is 0.315 e. The quantitative estimate of drug-likeness (QED) is 0.684. The number of carbonyl (C=O) groups excluding carboxylic acids is 1. The van der Waals surface area contributed by atoms with Gasteiger partial charge >= 0.3 is 6.03 Å². The summed E-state index contributed by atoms with van der Waals surface area (Å²) in [6, 6.07) is 3.13. The summed E-state index contributed by atoms with van der Waals surface area (Å²) >= 11 is 5.67. The predicted octanol–water partition coefficient (Wildman–Crippen LogP) is 1.35. The fourth-order valence-electron chi connectivity index (χ4n) is 1.39. The number of nitrogens with zero attached hydrogens (tertiary/aromatic N) is 1. The summed E-state index contributed by atoms with van der Waals surface area (Å²) in [6.45, 7) is 2.36.